The number of ether oxygens (including phenoxy) is 1. The molecule has 7 heteroatoms. The number of carbonyl (C=O) groups is 1. The fourth-order valence-corrected chi connectivity index (χ4v) is 2.42. The molecule has 0 radical (unpaired) electrons. The van der Waals surface area contributed by atoms with Gasteiger partial charge in [-0.05, 0) is 37.1 Å². The molecule has 0 heterocycles. The Morgan fingerprint density at radius 2 is 2.04 bits per heavy atom. The number of nitrogens with zero attached hydrogens (tertiary/aromatic N) is 1. The molecule has 0 aromatic heterocycles. The van der Waals surface area contributed by atoms with Gasteiger partial charge in [0, 0.05) is 22.6 Å². The number of halogens is 1. The first-order chi connectivity index (χ1) is 11.5. The molecule has 2 aromatic rings. The quantitative estimate of drug-likeness (QED) is 0.428. The third kappa shape index (κ3) is 5.06. The van der Waals surface area contributed by atoms with Crippen LogP contribution in [0.5, 0.6) is 5.75 Å². The minimum Gasteiger partial charge on any atom is -0.487 e. The van der Waals surface area contributed by atoms with Gasteiger partial charge in [0.15, 0.2) is 5.75 Å². The van der Waals surface area contributed by atoms with Crippen molar-refractivity contribution in [1.82, 2.24) is 0 Å². The summed E-state index contributed by atoms with van der Waals surface area (Å²) >= 11 is 3.42. The summed E-state index contributed by atoms with van der Waals surface area (Å²) in [5.41, 5.74) is 1.73. The first kappa shape index (κ1) is 17.9. The largest absolute Gasteiger partial charge is 0.487 e. The predicted octanol–water partition coefficient (Wildman–Crippen LogP) is 4.46. The van der Waals surface area contributed by atoms with Crippen LogP contribution in [-0.4, -0.2) is 17.4 Å². The van der Waals surface area contributed by atoms with E-state index in [9.17, 15) is 14.9 Å². The second kappa shape index (κ2) is 8.44. The van der Waals surface area contributed by atoms with Crippen LogP contribution < -0.4 is 10.1 Å². The van der Waals surface area contributed by atoms with Gasteiger partial charge in [-0.15, -0.1) is 0 Å². The van der Waals surface area contributed by atoms with E-state index >= 15 is 0 Å². The molecule has 2 aromatic carbocycles. The number of anilines is 1. The summed E-state index contributed by atoms with van der Waals surface area (Å²) < 4.78 is 6.34. The zero-order valence-electron chi connectivity index (χ0n) is 13.1. The lowest BCUT2D eigenvalue weighted by Gasteiger charge is -2.08. The summed E-state index contributed by atoms with van der Waals surface area (Å²) in [7, 11) is 0. The van der Waals surface area contributed by atoms with Gasteiger partial charge < -0.3 is 10.1 Å². The number of benzene rings is 2. The van der Waals surface area contributed by atoms with Gasteiger partial charge in [-0.2, -0.15) is 0 Å². The molecule has 1 N–H and O–H groups in total. The zero-order chi connectivity index (χ0) is 17.5. The SMILES string of the molecule is Cc1ccc(NC(=O)CCCOc2ccccc2[N+](=O)[O-])cc1Br. The minimum atomic E-state index is -0.489. The van der Waals surface area contributed by atoms with Gasteiger partial charge in [-0.3, -0.25) is 14.9 Å². The average Bonchev–Trinajstić information content (AvgIpc) is 2.55. The molecule has 6 nitrogen and oxygen atoms in total. The number of rotatable bonds is 7. The van der Waals surface area contributed by atoms with Crippen molar-refractivity contribution in [3.8, 4) is 5.75 Å². The van der Waals surface area contributed by atoms with Gasteiger partial charge in [0.1, 0.15) is 0 Å². The van der Waals surface area contributed by atoms with Crippen LogP contribution in [0.15, 0.2) is 46.9 Å². The third-order valence-electron chi connectivity index (χ3n) is 3.32. The Labute approximate surface area is 148 Å². The monoisotopic (exact) mass is 392 g/mol. The van der Waals surface area contributed by atoms with E-state index in [1.54, 1.807) is 18.2 Å². The van der Waals surface area contributed by atoms with E-state index < -0.39 is 4.92 Å². The molecule has 0 aliphatic rings. The molecule has 24 heavy (non-hydrogen) atoms. The molecule has 0 unspecified atom stereocenters. The number of nitro groups is 1. The Morgan fingerprint density at radius 1 is 1.29 bits per heavy atom. The Bertz CT molecular complexity index is 749. The standard InChI is InChI=1S/C17H17BrN2O4/c1-12-8-9-13(11-14(12)18)19-17(21)7-4-10-24-16-6-3-2-5-15(16)20(22)23/h2-3,5-6,8-9,11H,4,7,10H2,1H3,(H,19,21). The van der Waals surface area contributed by atoms with Crippen molar-refractivity contribution in [1.29, 1.82) is 0 Å². The lowest BCUT2D eigenvalue weighted by molar-refractivity contribution is -0.385. The van der Waals surface area contributed by atoms with Gasteiger partial charge in [-0.25, -0.2) is 0 Å². The van der Waals surface area contributed by atoms with Crippen LogP contribution in [0.3, 0.4) is 0 Å². The minimum absolute atomic E-state index is 0.0774. The smallest absolute Gasteiger partial charge is 0.310 e. The average molecular weight is 393 g/mol. The van der Waals surface area contributed by atoms with Crippen molar-refractivity contribution < 1.29 is 14.5 Å². The normalized spacial score (nSPS) is 10.2. The number of para-hydroxylation sites is 2. The van der Waals surface area contributed by atoms with Gasteiger partial charge >= 0.3 is 5.69 Å². The molecule has 0 fully saturated rings. The summed E-state index contributed by atoms with van der Waals surface area (Å²) in [6.45, 7) is 2.20. The molecular formula is C17H17BrN2O4. The Hall–Kier alpha value is -2.41. The highest BCUT2D eigenvalue weighted by atomic mass is 79.9. The molecule has 2 rings (SSSR count). The Kier molecular flexibility index (Phi) is 6.31. The molecule has 0 saturated carbocycles. The summed E-state index contributed by atoms with van der Waals surface area (Å²) in [6, 6.07) is 11.8. The summed E-state index contributed by atoms with van der Waals surface area (Å²) in [5.74, 6) is 0.0855. The molecule has 0 aliphatic heterocycles. The van der Waals surface area contributed by atoms with E-state index in [-0.39, 0.29) is 30.4 Å². The van der Waals surface area contributed by atoms with Gasteiger partial charge in [-0.1, -0.05) is 34.1 Å². The molecular weight excluding hydrogens is 376 g/mol. The first-order valence-corrected chi connectivity index (χ1v) is 8.19. The van der Waals surface area contributed by atoms with Crippen LogP contribution in [-0.2, 0) is 4.79 Å². The van der Waals surface area contributed by atoms with Crippen LogP contribution >= 0.6 is 15.9 Å². The zero-order valence-corrected chi connectivity index (χ0v) is 14.7. The number of nitro benzene ring substituents is 1. The Balaban J connectivity index is 1.79. The van der Waals surface area contributed by atoms with Crippen LogP contribution in [0.1, 0.15) is 18.4 Å². The first-order valence-electron chi connectivity index (χ1n) is 7.39. The second-order valence-corrected chi connectivity index (χ2v) is 6.04. The lowest BCUT2D eigenvalue weighted by Crippen LogP contribution is -2.13. The molecule has 0 bridgehead atoms. The van der Waals surface area contributed by atoms with E-state index in [0.29, 0.717) is 6.42 Å². The van der Waals surface area contributed by atoms with E-state index in [2.05, 4.69) is 21.2 Å². The van der Waals surface area contributed by atoms with E-state index in [4.69, 9.17) is 4.74 Å². The number of hydrogen-bond acceptors (Lipinski definition) is 4. The fourth-order valence-electron chi connectivity index (χ4n) is 2.04. The molecule has 0 spiro atoms. The van der Waals surface area contributed by atoms with E-state index in [1.165, 1.54) is 6.07 Å². The van der Waals surface area contributed by atoms with Gasteiger partial charge in [0.05, 0.1) is 11.5 Å². The highest BCUT2D eigenvalue weighted by Crippen LogP contribution is 2.26. The van der Waals surface area contributed by atoms with Crippen molar-refractivity contribution in [2.24, 2.45) is 0 Å². The Morgan fingerprint density at radius 3 is 2.75 bits per heavy atom. The molecule has 0 atom stereocenters. The maximum atomic E-state index is 11.9. The molecule has 1 amide bonds. The number of aryl methyl sites for hydroxylation is 1. The van der Waals surface area contributed by atoms with Crippen LogP contribution in [0.4, 0.5) is 11.4 Å². The summed E-state index contributed by atoms with van der Waals surface area (Å²) in [5, 5.41) is 13.7. The van der Waals surface area contributed by atoms with E-state index in [1.807, 2.05) is 25.1 Å². The number of nitrogens with one attached hydrogen (secondary N) is 1. The van der Waals surface area contributed by atoms with Gasteiger partial charge in [0.2, 0.25) is 5.91 Å². The van der Waals surface area contributed by atoms with Crippen LogP contribution in [0.25, 0.3) is 0 Å². The maximum Gasteiger partial charge on any atom is 0.310 e. The molecule has 0 aliphatic carbocycles. The maximum absolute atomic E-state index is 11.9. The van der Waals surface area contributed by atoms with Crippen molar-refractivity contribution in [2.75, 3.05) is 11.9 Å². The lowest BCUT2D eigenvalue weighted by atomic mass is 10.2. The van der Waals surface area contributed by atoms with E-state index in [0.717, 1.165) is 15.7 Å². The third-order valence-corrected chi connectivity index (χ3v) is 4.18. The van der Waals surface area contributed by atoms with Crippen LogP contribution in [0.2, 0.25) is 0 Å². The number of carbonyl (C=O) groups excluding carboxylic acids is 1. The highest BCUT2D eigenvalue weighted by molar-refractivity contribution is 9.10. The molecule has 0 saturated heterocycles. The predicted molar refractivity (Wildman–Crippen MR) is 95.3 cm³/mol. The highest BCUT2D eigenvalue weighted by Gasteiger charge is 2.13. The fraction of sp³-hybridized carbons (Fsp3) is 0.235. The second-order valence-electron chi connectivity index (χ2n) is 5.19. The summed E-state index contributed by atoms with van der Waals surface area (Å²) in [6.07, 6.45) is 0.733. The van der Waals surface area contributed by atoms with Gasteiger partial charge in [0.25, 0.3) is 0 Å². The van der Waals surface area contributed by atoms with Crippen molar-refractivity contribution >= 4 is 33.2 Å². The van der Waals surface area contributed by atoms with Crippen LogP contribution in [0, 0.1) is 17.0 Å². The number of amides is 1. The van der Waals surface area contributed by atoms with Crippen molar-refractivity contribution in [2.45, 2.75) is 19.8 Å². The topological polar surface area (TPSA) is 81.5 Å². The van der Waals surface area contributed by atoms with Crippen molar-refractivity contribution in [3.05, 3.63) is 62.6 Å². The number of hydrogen-bond donors (Lipinski definition) is 1. The molecule has 126 valence electrons. The summed E-state index contributed by atoms with van der Waals surface area (Å²) in [4.78, 5) is 22.3. The van der Waals surface area contributed by atoms with Crippen molar-refractivity contribution in [3.63, 3.8) is 0 Å².